The van der Waals surface area contributed by atoms with E-state index in [1.54, 1.807) is 12.3 Å². The number of hydrogen-bond donors (Lipinski definition) is 1. The lowest BCUT2D eigenvalue weighted by molar-refractivity contribution is 0.0696. The van der Waals surface area contributed by atoms with Gasteiger partial charge in [0.05, 0.1) is 11.3 Å². The summed E-state index contributed by atoms with van der Waals surface area (Å²) in [6.07, 6.45) is 3.04. The summed E-state index contributed by atoms with van der Waals surface area (Å²) in [7, 11) is 0. The van der Waals surface area contributed by atoms with Crippen LogP contribution in [0.15, 0.2) is 54.9 Å². The predicted molar refractivity (Wildman–Crippen MR) is 77.3 cm³/mol. The van der Waals surface area contributed by atoms with E-state index in [4.69, 9.17) is 9.84 Å². The zero-order valence-corrected chi connectivity index (χ0v) is 11.1. The van der Waals surface area contributed by atoms with Crippen LogP contribution in [0.2, 0.25) is 0 Å². The second kappa shape index (κ2) is 5.58. The molecule has 1 aromatic carbocycles. The van der Waals surface area contributed by atoms with Crippen LogP contribution in [0.4, 0.5) is 0 Å². The number of hydrogen-bond acceptors (Lipinski definition) is 4. The molecular weight excluding hydrogens is 268 g/mol. The van der Waals surface area contributed by atoms with Crippen molar-refractivity contribution in [3.8, 4) is 5.75 Å². The van der Waals surface area contributed by atoms with Gasteiger partial charge in [0.1, 0.15) is 17.9 Å². The summed E-state index contributed by atoms with van der Waals surface area (Å²) in [6.45, 7) is 0.260. The van der Waals surface area contributed by atoms with Crippen LogP contribution >= 0.6 is 0 Å². The van der Waals surface area contributed by atoms with Crippen LogP contribution in [-0.2, 0) is 6.61 Å². The molecule has 104 valence electrons. The van der Waals surface area contributed by atoms with E-state index >= 15 is 0 Å². The van der Waals surface area contributed by atoms with Crippen LogP contribution in [-0.4, -0.2) is 21.0 Å². The monoisotopic (exact) mass is 280 g/mol. The highest BCUT2D eigenvalue weighted by molar-refractivity contribution is 5.87. The number of rotatable bonds is 4. The lowest BCUT2D eigenvalue weighted by Gasteiger charge is -2.08. The minimum absolute atomic E-state index is 0.158. The minimum Gasteiger partial charge on any atom is -0.485 e. The Labute approximate surface area is 120 Å². The van der Waals surface area contributed by atoms with Crippen molar-refractivity contribution in [3.63, 3.8) is 0 Å². The summed E-state index contributed by atoms with van der Waals surface area (Å²) < 4.78 is 5.73. The quantitative estimate of drug-likeness (QED) is 0.795. The van der Waals surface area contributed by atoms with Crippen molar-refractivity contribution in [2.24, 2.45) is 0 Å². The van der Waals surface area contributed by atoms with E-state index in [1.165, 1.54) is 12.3 Å². The molecule has 0 spiro atoms. The molecule has 0 atom stereocenters. The smallest absolute Gasteiger partial charge is 0.337 e. The van der Waals surface area contributed by atoms with Gasteiger partial charge in [0.15, 0.2) is 0 Å². The molecule has 0 radical (unpaired) electrons. The van der Waals surface area contributed by atoms with E-state index < -0.39 is 5.97 Å². The summed E-state index contributed by atoms with van der Waals surface area (Å²) >= 11 is 0. The fourth-order valence-corrected chi connectivity index (χ4v) is 1.98. The van der Waals surface area contributed by atoms with Crippen LogP contribution in [0, 0.1) is 0 Å². The van der Waals surface area contributed by atoms with Gasteiger partial charge in [-0.1, -0.05) is 18.2 Å². The van der Waals surface area contributed by atoms with E-state index in [0.717, 1.165) is 10.9 Å². The molecule has 0 aliphatic rings. The first-order valence-corrected chi connectivity index (χ1v) is 6.39. The van der Waals surface area contributed by atoms with Crippen LogP contribution in [0.3, 0.4) is 0 Å². The molecule has 0 unspecified atom stereocenters. The molecule has 1 N–H and O–H groups in total. The first kappa shape index (κ1) is 13.1. The molecule has 3 aromatic rings. The van der Waals surface area contributed by atoms with E-state index in [2.05, 4.69) is 9.97 Å². The van der Waals surface area contributed by atoms with Gasteiger partial charge in [-0.15, -0.1) is 0 Å². The number of nitrogens with zero attached hydrogens (tertiary/aromatic N) is 2. The fraction of sp³-hybridized carbons (Fsp3) is 0.0625. The number of aromatic carboxylic acids is 1. The van der Waals surface area contributed by atoms with Crippen molar-refractivity contribution in [1.29, 1.82) is 0 Å². The predicted octanol–water partition coefficient (Wildman–Crippen LogP) is 2.91. The Morgan fingerprint density at radius 1 is 1.10 bits per heavy atom. The van der Waals surface area contributed by atoms with E-state index in [9.17, 15) is 4.79 Å². The van der Waals surface area contributed by atoms with Gasteiger partial charge in [0, 0.05) is 17.8 Å². The van der Waals surface area contributed by atoms with Crippen LogP contribution in [0.1, 0.15) is 16.1 Å². The van der Waals surface area contributed by atoms with Crippen molar-refractivity contribution in [2.75, 3.05) is 0 Å². The molecule has 0 saturated heterocycles. The largest absolute Gasteiger partial charge is 0.485 e. The highest BCUT2D eigenvalue weighted by Crippen LogP contribution is 2.23. The first-order valence-electron chi connectivity index (χ1n) is 6.39. The molecule has 0 saturated carbocycles. The average Bonchev–Trinajstić information content (AvgIpc) is 2.53. The average molecular weight is 280 g/mol. The highest BCUT2D eigenvalue weighted by Gasteiger charge is 2.05. The third-order valence-electron chi connectivity index (χ3n) is 3.04. The van der Waals surface area contributed by atoms with Gasteiger partial charge in [-0.05, 0) is 24.3 Å². The Morgan fingerprint density at radius 3 is 2.71 bits per heavy atom. The van der Waals surface area contributed by atoms with Crippen molar-refractivity contribution >= 4 is 16.9 Å². The number of fused-ring (bicyclic) bond motifs is 1. The lowest BCUT2D eigenvalue weighted by Crippen LogP contribution is -2.02. The second-order valence-electron chi connectivity index (χ2n) is 4.46. The summed E-state index contributed by atoms with van der Waals surface area (Å²) in [5.74, 6) is -0.314. The molecule has 5 heteroatoms. The maximum atomic E-state index is 10.8. The lowest BCUT2D eigenvalue weighted by atomic mass is 10.2. The molecule has 3 rings (SSSR count). The van der Waals surface area contributed by atoms with Gasteiger partial charge < -0.3 is 9.84 Å². The molecule has 0 bridgehead atoms. The summed E-state index contributed by atoms with van der Waals surface area (Å²) in [5.41, 5.74) is 1.61. The molecule has 2 heterocycles. The van der Waals surface area contributed by atoms with Gasteiger partial charge in [-0.2, -0.15) is 0 Å². The number of pyridine rings is 2. The molecular formula is C16H12N2O3. The van der Waals surface area contributed by atoms with Crippen molar-refractivity contribution < 1.29 is 14.6 Å². The zero-order valence-electron chi connectivity index (χ0n) is 11.1. The number of carboxylic acid groups (broad SMARTS) is 1. The molecule has 0 amide bonds. The Kier molecular flexibility index (Phi) is 3.47. The van der Waals surface area contributed by atoms with Crippen LogP contribution in [0.25, 0.3) is 10.9 Å². The Hall–Kier alpha value is -2.95. The number of ether oxygens (including phenoxy) is 1. The summed E-state index contributed by atoms with van der Waals surface area (Å²) in [6, 6.07) is 12.7. The Balaban J connectivity index is 1.79. The molecule has 0 aliphatic carbocycles. The summed E-state index contributed by atoms with van der Waals surface area (Å²) in [5, 5.41) is 9.83. The molecule has 2 aromatic heterocycles. The van der Waals surface area contributed by atoms with Gasteiger partial charge in [0.25, 0.3) is 0 Å². The normalized spacial score (nSPS) is 10.5. The topological polar surface area (TPSA) is 72.3 Å². The number of benzene rings is 1. The van der Waals surface area contributed by atoms with Crippen LogP contribution in [0.5, 0.6) is 5.75 Å². The van der Waals surface area contributed by atoms with E-state index in [0.29, 0.717) is 11.4 Å². The number of para-hydroxylation sites is 1. The van der Waals surface area contributed by atoms with E-state index in [1.807, 2.05) is 30.3 Å². The van der Waals surface area contributed by atoms with Crippen LogP contribution < -0.4 is 4.74 Å². The van der Waals surface area contributed by atoms with Crippen molar-refractivity contribution in [1.82, 2.24) is 9.97 Å². The molecule has 0 fully saturated rings. The molecule has 21 heavy (non-hydrogen) atoms. The Morgan fingerprint density at radius 2 is 1.95 bits per heavy atom. The maximum absolute atomic E-state index is 10.8. The summed E-state index contributed by atoms with van der Waals surface area (Å²) in [4.78, 5) is 19.1. The van der Waals surface area contributed by atoms with Gasteiger partial charge in [0.2, 0.25) is 0 Å². The van der Waals surface area contributed by atoms with Gasteiger partial charge >= 0.3 is 5.97 Å². The number of carboxylic acids is 1. The maximum Gasteiger partial charge on any atom is 0.337 e. The fourth-order valence-electron chi connectivity index (χ4n) is 1.98. The highest BCUT2D eigenvalue weighted by atomic mass is 16.5. The minimum atomic E-state index is -0.992. The molecule has 5 nitrogen and oxygen atoms in total. The van der Waals surface area contributed by atoms with Crippen molar-refractivity contribution in [3.05, 3.63) is 66.1 Å². The van der Waals surface area contributed by atoms with Gasteiger partial charge in [-0.3, -0.25) is 9.97 Å². The third kappa shape index (κ3) is 2.81. The SMILES string of the molecule is O=C(O)c1ccc(COc2cccc3cccnc23)nc1. The first-order chi connectivity index (χ1) is 10.2. The van der Waals surface area contributed by atoms with E-state index in [-0.39, 0.29) is 12.2 Å². The Bertz CT molecular complexity index is 780. The number of aromatic nitrogens is 2. The molecule has 0 aliphatic heterocycles. The standard InChI is InChI=1S/C16H12N2O3/c19-16(20)12-6-7-13(18-9-12)10-21-14-5-1-3-11-4-2-8-17-15(11)14/h1-9H,10H2,(H,19,20). The zero-order chi connectivity index (χ0) is 14.7. The second-order valence-corrected chi connectivity index (χ2v) is 4.46. The third-order valence-corrected chi connectivity index (χ3v) is 3.04. The van der Waals surface area contributed by atoms with Gasteiger partial charge in [-0.25, -0.2) is 4.79 Å². The van der Waals surface area contributed by atoms with Crippen molar-refractivity contribution in [2.45, 2.75) is 6.61 Å². The number of carbonyl (C=O) groups is 1.